The third-order valence-corrected chi connectivity index (χ3v) is 2.20. The van der Waals surface area contributed by atoms with Gasteiger partial charge in [0.1, 0.15) is 5.76 Å². The number of hydrogen-bond donors (Lipinski definition) is 2. The van der Waals surface area contributed by atoms with Gasteiger partial charge in [0, 0.05) is 18.2 Å². The Morgan fingerprint density at radius 2 is 2.13 bits per heavy atom. The van der Waals surface area contributed by atoms with Crippen LogP contribution in [0.2, 0.25) is 0 Å². The summed E-state index contributed by atoms with van der Waals surface area (Å²) in [5.74, 6) is 0.980. The Balaban J connectivity index is 1.98. The van der Waals surface area contributed by atoms with Gasteiger partial charge in [-0.3, -0.25) is 0 Å². The molecule has 86 valence electrons. The van der Waals surface area contributed by atoms with Gasteiger partial charge in [0.2, 0.25) is 0 Å². The molecular formula is C12H22N2O. The molecule has 0 aliphatic heterocycles. The topological polar surface area (TPSA) is 37.2 Å². The average Bonchev–Trinajstić information content (AvgIpc) is 2.57. The van der Waals surface area contributed by atoms with Crippen molar-refractivity contribution in [2.24, 2.45) is 0 Å². The second-order valence-corrected chi connectivity index (χ2v) is 4.20. The van der Waals surface area contributed by atoms with E-state index in [4.69, 9.17) is 4.42 Å². The molecule has 1 rings (SSSR count). The van der Waals surface area contributed by atoms with Crippen LogP contribution in [0.3, 0.4) is 0 Å². The van der Waals surface area contributed by atoms with E-state index in [0.29, 0.717) is 6.04 Å². The lowest BCUT2D eigenvalue weighted by Crippen LogP contribution is -2.26. The van der Waals surface area contributed by atoms with Crippen molar-refractivity contribution in [3.63, 3.8) is 0 Å². The first-order valence-corrected chi connectivity index (χ1v) is 5.66. The summed E-state index contributed by atoms with van der Waals surface area (Å²) in [5, 5.41) is 6.78. The van der Waals surface area contributed by atoms with Crippen LogP contribution in [-0.4, -0.2) is 19.1 Å². The summed E-state index contributed by atoms with van der Waals surface area (Å²) in [6.45, 7) is 9.33. The van der Waals surface area contributed by atoms with Gasteiger partial charge in [-0.2, -0.15) is 0 Å². The lowest BCUT2D eigenvalue weighted by Gasteiger charge is -2.07. The van der Waals surface area contributed by atoms with Crippen molar-refractivity contribution in [2.45, 2.75) is 39.8 Å². The van der Waals surface area contributed by atoms with E-state index < -0.39 is 0 Å². The third-order valence-electron chi connectivity index (χ3n) is 2.20. The standard InChI is InChI=1S/C12H22N2O/c1-10(2)14-6-4-5-13-8-12-7-11(3)15-9-12/h7,9-10,13-14H,4-6,8H2,1-3H3. The maximum atomic E-state index is 5.22. The van der Waals surface area contributed by atoms with Crippen LogP contribution in [0, 0.1) is 6.92 Å². The second kappa shape index (κ2) is 6.64. The van der Waals surface area contributed by atoms with Gasteiger partial charge in [-0.05, 0) is 32.5 Å². The third kappa shape index (κ3) is 5.60. The summed E-state index contributed by atoms with van der Waals surface area (Å²) < 4.78 is 5.22. The molecule has 0 aromatic carbocycles. The lowest BCUT2D eigenvalue weighted by atomic mass is 10.3. The highest BCUT2D eigenvalue weighted by Gasteiger charge is 1.96. The van der Waals surface area contributed by atoms with E-state index in [0.717, 1.165) is 31.8 Å². The molecule has 3 heteroatoms. The Kier molecular flexibility index (Phi) is 5.43. The first-order valence-electron chi connectivity index (χ1n) is 5.66. The van der Waals surface area contributed by atoms with Crippen molar-refractivity contribution in [3.8, 4) is 0 Å². The smallest absolute Gasteiger partial charge is 0.101 e. The first kappa shape index (κ1) is 12.3. The van der Waals surface area contributed by atoms with E-state index in [1.54, 1.807) is 0 Å². The van der Waals surface area contributed by atoms with Gasteiger partial charge in [-0.1, -0.05) is 13.8 Å². The molecule has 0 aliphatic carbocycles. The van der Waals surface area contributed by atoms with Gasteiger partial charge in [-0.25, -0.2) is 0 Å². The molecule has 0 saturated carbocycles. The van der Waals surface area contributed by atoms with Gasteiger partial charge < -0.3 is 15.1 Å². The Morgan fingerprint density at radius 3 is 2.73 bits per heavy atom. The van der Waals surface area contributed by atoms with Crippen molar-refractivity contribution in [3.05, 3.63) is 23.7 Å². The fourth-order valence-electron chi connectivity index (χ4n) is 1.43. The molecule has 1 heterocycles. The highest BCUT2D eigenvalue weighted by molar-refractivity contribution is 5.10. The monoisotopic (exact) mass is 210 g/mol. The zero-order valence-electron chi connectivity index (χ0n) is 9.97. The maximum absolute atomic E-state index is 5.22. The minimum absolute atomic E-state index is 0.585. The molecule has 0 aliphatic rings. The molecule has 1 aromatic heterocycles. The van der Waals surface area contributed by atoms with Gasteiger partial charge in [0.25, 0.3) is 0 Å². The number of furan rings is 1. The fourth-order valence-corrected chi connectivity index (χ4v) is 1.43. The van der Waals surface area contributed by atoms with E-state index in [9.17, 15) is 0 Å². The number of rotatable bonds is 7. The molecule has 0 radical (unpaired) electrons. The zero-order valence-corrected chi connectivity index (χ0v) is 9.97. The Labute approximate surface area is 92.2 Å². The van der Waals surface area contributed by atoms with Gasteiger partial charge in [0.05, 0.1) is 6.26 Å². The summed E-state index contributed by atoms with van der Waals surface area (Å²) in [7, 11) is 0. The van der Waals surface area contributed by atoms with E-state index >= 15 is 0 Å². The van der Waals surface area contributed by atoms with Crippen LogP contribution in [0.15, 0.2) is 16.7 Å². The zero-order chi connectivity index (χ0) is 11.1. The fraction of sp³-hybridized carbons (Fsp3) is 0.667. The molecule has 0 saturated heterocycles. The summed E-state index contributed by atoms with van der Waals surface area (Å²) in [4.78, 5) is 0. The molecule has 0 amide bonds. The normalized spacial score (nSPS) is 11.2. The number of nitrogens with one attached hydrogen (secondary N) is 2. The number of aryl methyl sites for hydroxylation is 1. The van der Waals surface area contributed by atoms with Crippen molar-refractivity contribution in [1.82, 2.24) is 10.6 Å². The first-order chi connectivity index (χ1) is 7.18. The summed E-state index contributed by atoms with van der Waals surface area (Å²) in [5.41, 5.74) is 1.23. The SMILES string of the molecule is Cc1cc(CNCCCNC(C)C)co1. The Hall–Kier alpha value is -0.800. The Bertz CT molecular complexity index is 268. The van der Waals surface area contributed by atoms with E-state index in [-0.39, 0.29) is 0 Å². The van der Waals surface area contributed by atoms with E-state index in [1.165, 1.54) is 5.56 Å². The predicted octanol–water partition coefficient (Wildman–Crippen LogP) is 2.07. The van der Waals surface area contributed by atoms with Crippen molar-refractivity contribution in [2.75, 3.05) is 13.1 Å². The van der Waals surface area contributed by atoms with Crippen LogP contribution < -0.4 is 10.6 Å². The molecule has 0 atom stereocenters. The molecule has 0 bridgehead atoms. The minimum atomic E-state index is 0.585. The highest BCUT2D eigenvalue weighted by Crippen LogP contribution is 2.05. The van der Waals surface area contributed by atoms with Crippen LogP contribution in [0.25, 0.3) is 0 Å². The molecule has 1 aromatic rings. The van der Waals surface area contributed by atoms with Crippen LogP contribution in [0.1, 0.15) is 31.6 Å². The Morgan fingerprint density at radius 1 is 1.33 bits per heavy atom. The molecular weight excluding hydrogens is 188 g/mol. The van der Waals surface area contributed by atoms with Crippen molar-refractivity contribution < 1.29 is 4.42 Å². The van der Waals surface area contributed by atoms with Crippen LogP contribution in [0.4, 0.5) is 0 Å². The summed E-state index contributed by atoms with van der Waals surface area (Å²) >= 11 is 0. The van der Waals surface area contributed by atoms with Crippen molar-refractivity contribution >= 4 is 0 Å². The van der Waals surface area contributed by atoms with Crippen LogP contribution in [-0.2, 0) is 6.54 Å². The van der Waals surface area contributed by atoms with Gasteiger partial charge >= 0.3 is 0 Å². The van der Waals surface area contributed by atoms with Gasteiger partial charge in [-0.15, -0.1) is 0 Å². The molecule has 0 spiro atoms. The summed E-state index contributed by atoms with van der Waals surface area (Å²) in [6.07, 6.45) is 2.98. The predicted molar refractivity (Wildman–Crippen MR) is 62.9 cm³/mol. The number of hydrogen-bond acceptors (Lipinski definition) is 3. The van der Waals surface area contributed by atoms with Gasteiger partial charge in [0.15, 0.2) is 0 Å². The maximum Gasteiger partial charge on any atom is 0.101 e. The molecule has 0 unspecified atom stereocenters. The minimum Gasteiger partial charge on any atom is -0.469 e. The van der Waals surface area contributed by atoms with E-state index in [1.807, 2.05) is 13.2 Å². The summed E-state index contributed by atoms with van der Waals surface area (Å²) in [6, 6.07) is 2.65. The highest BCUT2D eigenvalue weighted by atomic mass is 16.3. The largest absolute Gasteiger partial charge is 0.469 e. The van der Waals surface area contributed by atoms with E-state index in [2.05, 4.69) is 30.5 Å². The molecule has 0 fully saturated rings. The molecule has 3 nitrogen and oxygen atoms in total. The second-order valence-electron chi connectivity index (χ2n) is 4.20. The average molecular weight is 210 g/mol. The lowest BCUT2D eigenvalue weighted by molar-refractivity contribution is 0.526. The van der Waals surface area contributed by atoms with Crippen molar-refractivity contribution in [1.29, 1.82) is 0 Å². The van der Waals surface area contributed by atoms with Crippen LogP contribution in [0.5, 0.6) is 0 Å². The molecule has 15 heavy (non-hydrogen) atoms. The molecule has 2 N–H and O–H groups in total. The van der Waals surface area contributed by atoms with Crippen LogP contribution >= 0.6 is 0 Å². The quantitative estimate of drug-likeness (QED) is 0.676.